The number of aromatic nitrogens is 1. The number of rotatable bonds is 11. The molecule has 0 aliphatic carbocycles. The number of pyridine rings is 1. The van der Waals surface area contributed by atoms with Crippen LogP contribution in [0.2, 0.25) is 5.02 Å². The van der Waals surface area contributed by atoms with E-state index >= 15 is 0 Å². The summed E-state index contributed by atoms with van der Waals surface area (Å²) in [5.74, 6) is 0.512. The van der Waals surface area contributed by atoms with Gasteiger partial charge in [0.1, 0.15) is 5.75 Å². The third-order valence-corrected chi connectivity index (χ3v) is 9.04. The molecule has 5 nitrogen and oxygen atoms in total. The number of alkyl halides is 3. The average molecular weight is 581 g/mol. The van der Waals surface area contributed by atoms with Crippen LogP contribution in [0.15, 0.2) is 53.6 Å². The fourth-order valence-electron chi connectivity index (χ4n) is 5.26. The fraction of sp³-hybridized carbons (Fsp3) is 0.448. The van der Waals surface area contributed by atoms with Gasteiger partial charge in [0.15, 0.2) is 0 Å². The second-order valence-corrected chi connectivity index (χ2v) is 11.5. The molecule has 210 valence electrons. The number of benzene rings is 2. The maximum atomic E-state index is 13.2. The number of methoxy groups -OCH3 is 1. The zero-order valence-electron chi connectivity index (χ0n) is 21.8. The van der Waals surface area contributed by atoms with Gasteiger partial charge in [-0.2, -0.15) is 13.2 Å². The van der Waals surface area contributed by atoms with Crippen LogP contribution in [-0.4, -0.2) is 53.5 Å². The molecule has 39 heavy (non-hydrogen) atoms. The van der Waals surface area contributed by atoms with Crippen LogP contribution < -0.4 is 4.74 Å². The van der Waals surface area contributed by atoms with Gasteiger partial charge in [-0.3, -0.25) is 9.78 Å². The second-order valence-electron chi connectivity index (χ2n) is 9.94. The number of thioether (sulfide) groups is 1. The number of carboxylic acids is 1. The molecule has 1 N–H and O–H groups in total. The summed E-state index contributed by atoms with van der Waals surface area (Å²) in [4.78, 5) is 19.2. The van der Waals surface area contributed by atoms with Gasteiger partial charge in [-0.25, -0.2) is 0 Å². The topological polar surface area (TPSA) is 62.7 Å². The van der Waals surface area contributed by atoms with E-state index in [9.17, 15) is 23.1 Å². The minimum Gasteiger partial charge on any atom is -0.497 e. The molecular weight excluding hydrogens is 549 g/mol. The molecule has 0 unspecified atom stereocenters. The van der Waals surface area contributed by atoms with Crippen LogP contribution in [0.4, 0.5) is 13.2 Å². The van der Waals surface area contributed by atoms with E-state index in [4.69, 9.17) is 16.3 Å². The number of hydrogen-bond donors (Lipinski definition) is 1. The summed E-state index contributed by atoms with van der Waals surface area (Å²) >= 11 is 7.70. The first kappa shape index (κ1) is 29.5. The van der Waals surface area contributed by atoms with E-state index in [0.717, 1.165) is 35.5 Å². The van der Waals surface area contributed by atoms with E-state index < -0.39 is 23.1 Å². The number of aliphatic carboxylic acids is 1. The Kier molecular flexibility index (Phi) is 9.67. The van der Waals surface area contributed by atoms with Crippen molar-refractivity contribution in [3.05, 3.63) is 64.8 Å². The van der Waals surface area contributed by atoms with Crippen LogP contribution in [0, 0.1) is 5.41 Å². The number of ether oxygens (including phenoxy) is 1. The number of likely N-dealkylation sites (tertiary alicyclic amines) is 1. The molecule has 2 aromatic carbocycles. The number of carboxylic acid groups (broad SMARTS) is 1. The van der Waals surface area contributed by atoms with E-state index in [1.807, 2.05) is 18.2 Å². The molecular formula is C29H32ClF3N2O3S. The molecule has 0 radical (unpaired) electrons. The van der Waals surface area contributed by atoms with Crippen LogP contribution in [0.3, 0.4) is 0 Å². The van der Waals surface area contributed by atoms with Crippen molar-refractivity contribution in [1.29, 1.82) is 0 Å². The van der Waals surface area contributed by atoms with Crippen LogP contribution in [-0.2, 0) is 17.4 Å². The smallest absolute Gasteiger partial charge is 0.417 e. The molecule has 0 atom stereocenters. The molecule has 3 aromatic rings. The van der Waals surface area contributed by atoms with Crippen molar-refractivity contribution in [2.75, 3.05) is 32.5 Å². The molecule has 1 aromatic heterocycles. The average Bonchev–Trinajstić information content (AvgIpc) is 2.92. The van der Waals surface area contributed by atoms with Gasteiger partial charge in [-0.05, 0) is 99.8 Å². The summed E-state index contributed by atoms with van der Waals surface area (Å²) in [7, 11) is 1.60. The van der Waals surface area contributed by atoms with E-state index in [1.165, 1.54) is 23.9 Å². The summed E-state index contributed by atoms with van der Waals surface area (Å²) < 4.78 is 45.0. The number of fused-ring (bicyclic) bond motifs is 1. The molecule has 10 heteroatoms. The first-order valence-electron chi connectivity index (χ1n) is 13.0. The molecule has 0 bridgehead atoms. The van der Waals surface area contributed by atoms with Gasteiger partial charge in [0.05, 0.1) is 28.6 Å². The highest BCUT2D eigenvalue weighted by Crippen LogP contribution is 2.39. The first-order valence-corrected chi connectivity index (χ1v) is 14.4. The Morgan fingerprint density at radius 3 is 2.62 bits per heavy atom. The van der Waals surface area contributed by atoms with Crippen LogP contribution in [0.1, 0.15) is 43.2 Å². The van der Waals surface area contributed by atoms with E-state index in [1.54, 1.807) is 19.4 Å². The Balaban J connectivity index is 1.29. The van der Waals surface area contributed by atoms with Gasteiger partial charge in [-0.15, -0.1) is 11.8 Å². The van der Waals surface area contributed by atoms with E-state index in [0.29, 0.717) is 61.7 Å². The number of hydrogen-bond acceptors (Lipinski definition) is 5. The van der Waals surface area contributed by atoms with E-state index in [-0.39, 0.29) is 4.90 Å². The number of halogens is 4. The lowest BCUT2D eigenvalue weighted by Gasteiger charge is -2.39. The Bertz CT molecular complexity index is 1300. The number of carbonyl (C=O) groups is 1. The van der Waals surface area contributed by atoms with Crippen LogP contribution in [0.5, 0.6) is 5.75 Å². The molecule has 1 saturated heterocycles. The summed E-state index contributed by atoms with van der Waals surface area (Å²) in [5.41, 5.74) is 0.378. The minimum atomic E-state index is -4.36. The lowest BCUT2D eigenvalue weighted by Crippen LogP contribution is -2.44. The SMILES string of the molecule is COc1ccc2ncc(Cl)c(CCCC3(C(=O)O)CCN(CCCSc4ccccc4C(F)(F)F)CC3)c2c1. The van der Waals surface area contributed by atoms with Crippen molar-refractivity contribution >= 4 is 40.2 Å². The number of piperidine rings is 1. The zero-order chi connectivity index (χ0) is 28.0. The van der Waals surface area contributed by atoms with Crippen molar-refractivity contribution in [3.63, 3.8) is 0 Å². The number of aryl methyl sites for hydroxylation is 1. The van der Waals surface area contributed by atoms with E-state index in [2.05, 4.69) is 9.88 Å². The Hall–Kier alpha value is -2.49. The standard InChI is InChI=1S/C29H32ClF3N2O3S/c1-38-20-9-10-25-22(18-20)21(24(30)19-34-25)6-4-11-28(27(36)37)12-15-35(16-13-28)14-5-17-39-26-8-3-2-7-23(26)29(31,32)33/h2-3,7-10,18-19H,4-6,11-17H2,1H3,(H,36,37). The lowest BCUT2D eigenvalue weighted by atomic mass is 9.74. The normalized spacial score (nSPS) is 15.9. The highest BCUT2D eigenvalue weighted by Gasteiger charge is 2.41. The van der Waals surface area contributed by atoms with Crippen LogP contribution >= 0.6 is 23.4 Å². The fourth-order valence-corrected chi connectivity index (χ4v) is 6.51. The summed E-state index contributed by atoms with van der Waals surface area (Å²) in [5, 5.41) is 11.6. The van der Waals surface area contributed by atoms with Crippen molar-refractivity contribution in [2.24, 2.45) is 5.41 Å². The van der Waals surface area contributed by atoms with Crippen molar-refractivity contribution < 1.29 is 27.8 Å². The van der Waals surface area contributed by atoms with Gasteiger partial charge < -0.3 is 14.7 Å². The van der Waals surface area contributed by atoms with Crippen molar-refractivity contribution in [2.45, 2.75) is 49.6 Å². The number of nitrogens with zero attached hydrogens (tertiary/aromatic N) is 2. The monoisotopic (exact) mass is 580 g/mol. The maximum absolute atomic E-state index is 13.2. The van der Waals surface area contributed by atoms with Gasteiger partial charge in [-0.1, -0.05) is 23.7 Å². The Morgan fingerprint density at radius 1 is 1.18 bits per heavy atom. The maximum Gasteiger partial charge on any atom is 0.417 e. The molecule has 4 rings (SSSR count). The van der Waals surface area contributed by atoms with Gasteiger partial charge >= 0.3 is 12.1 Å². The molecule has 1 aliphatic rings. The minimum absolute atomic E-state index is 0.245. The van der Waals surface area contributed by atoms with Gasteiger partial charge in [0, 0.05) is 16.5 Å². The first-order chi connectivity index (χ1) is 18.6. The highest BCUT2D eigenvalue weighted by molar-refractivity contribution is 7.99. The molecule has 0 spiro atoms. The predicted molar refractivity (Wildman–Crippen MR) is 149 cm³/mol. The molecule has 0 saturated carbocycles. The zero-order valence-corrected chi connectivity index (χ0v) is 23.3. The largest absolute Gasteiger partial charge is 0.497 e. The Morgan fingerprint density at radius 2 is 1.92 bits per heavy atom. The quantitative estimate of drug-likeness (QED) is 0.186. The summed E-state index contributed by atoms with van der Waals surface area (Å²) in [6.07, 6.45) is 0.961. The highest BCUT2D eigenvalue weighted by atomic mass is 35.5. The molecule has 2 heterocycles. The Labute approximate surface area is 235 Å². The summed E-state index contributed by atoms with van der Waals surface area (Å²) in [6.45, 7) is 2.05. The van der Waals surface area contributed by atoms with Crippen molar-refractivity contribution in [1.82, 2.24) is 9.88 Å². The van der Waals surface area contributed by atoms with Gasteiger partial charge in [0.2, 0.25) is 0 Å². The molecule has 0 amide bonds. The second kappa shape index (κ2) is 12.8. The molecule has 1 aliphatic heterocycles. The third kappa shape index (κ3) is 7.18. The van der Waals surface area contributed by atoms with Crippen LogP contribution in [0.25, 0.3) is 10.9 Å². The lowest BCUT2D eigenvalue weighted by molar-refractivity contribution is -0.152. The van der Waals surface area contributed by atoms with Crippen molar-refractivity contribution in [3.8, 4) is 5.75 Å². The third-order valence-electron chi connectivity index (χ3n) is 7.55. The molecule has 1 fully saturated rings. The van der Waals surface area contributed by atoms with Gasteiger partial charge in [0.25, 0.3) is 0 Å². The summed E-state index contributed by atoms with van der Waals surface area (Å²) in [6, 6.07) is 11.3. The predicted octanol–water partition coefficient (Wildman–Crippen LogP) is 7.59.